The van der Waals surface area contributed by atoms with Crippen LogP contribution >= 0.6 is 11.6 Å². The highest BCUT2D eigenvalue weighted by Crippen LogP contribution is 2.38. The number of hydrogen-bond donors (Lipinski definition) is 1. The van der Waals surface area contributed by atoms with Gasteiger partial charge in [-0.2, -0.15) is 0 Å². The van der Waals surface area contributed by atoms with E-state index < -0.39 is 23.7 Å². The second kappa shape index (κ2) is 13.1. The second-order valence-electron chi connectivity index (χ2n) is 8.80. The van der Waals surface area contributed by atoms with E-state index in [4.69, 9.17) is 25.8 Å². The lowest BCUT2D eigenvalue weighted by molar-refractivity contribution is -0.122. The molecule has 0 radical (unpaired) electrons. The zero-order chi connectivity index (χ0) is 28.6. The number of nitrogens with zero attached hydrogens (tertiary/aromatic N) is 1. The lowest BCUT2D eigenvalue weighted by Gasteiger charge is -2.26. The maximum atomic E-state index is 14.0. The summed E-state index contributed by atoms with van der Waals surface area (Å²) in [6.45, 7) is 4.56. The second-order valence-corrected chi connectivity index (χ2v) is 9.20. The first-order valence-electron chi connectivity index (χ1n) is 12.8. The molecule has 0 atom stereocenters. The fourth-order valence-corrected chi connectivity index (χ4v) is 4.20. The number of imide groups is 2. The number of nitrogens with one attached hydrogen (secondary N) is 1. The molecule has 0 unspecified atom stereocenters. The molecule has 1 fully saturated rings. The number of halogens is 2. The van der Waals surface area contributed by atoms with Crippen LogP contribution < -0.4 is 24.4 Å². The minimum atomic E-state index is -0.864. The number of amides is 4. The average Bonchev–Trinajstić information content (AvgIpc) is 2.92. The minimum Gasteiger partial charge on any atom is -0.494 e. The fourth-order valence-electron chi connectivity index (χ4n) is 3.92. The van der Waals surface area contributed by atoms with E-state index in [0.717, 1.165) is 17.7 Å². The highest BCUT2D eigenvalue weighted by Gasteiger charge is 2.37. The number of carbonyl (C=O) groups excluding carboxylic acids is 3. The Bertz CT molecular complexity index is 1440. The number of hydrogen-bond acceptors (Lipinski definition) is 6. The van der Waals surface area contributed by atoms with Crippen molar-refractivity contribution in [3.8, 4) is 17.2 Å². The zero-order valence-corrected chi connectivity index (χ0v) is 22.8. The molecule has 0 aromatic heterocycles. The molecule has 1 aliphatic rings. The van der Waals surface area contributed by atoms with Crippen molar-refractivity contribution in [1.29, 1.82) is 0 Å². The van der Waals surface area contributed by atoms with E-state index in [1.54, 1.807) is 55.5 Å². The molecule has 1 heterocycles. The third kappa shape index (κ3) is 6.60. The standard InChI is InChI=1S/C30H28ClFN2O6/c1-3-5-14-39-22-12-10-21(11-13-22)34-29(36)23(28(35)33-30(34)37)15-19-16-24(31)27(26(17-19)38-4-2)40-18-20-8-6-7-9-25(20)32/h6-13,15-17H,3-5,14,18H2,1-2H3,(H,33,35,37)/b23-15-. The van der Waals surface area contributed by atoms with Crippen molar-refractivity contribution in [1.82, 2.24) is 5.32 Å². The normalized spacial score (nSPS) is 14.3. The highest BCUT2D eigenvalue weighted by molar-refractivity contribution is 6.39. The quantitative estimate of drug-likeness (QED) is 0.166. The number of carbonyl (C=O) groups is 3. The molecule has 0 bridgehead atoms. The molecule has 0 saturated carbocycles. The lowest BCUT2D eigenvalue weighted by atomic mass is 10.1. The summed E-state index contributed by atoms with van der Waals surface area (Å²) < 4.78 is 31.1. The van der Waals surface area contributed by atoms with E-state index in [0.29, 0.717) is 23.5 Å². The predicted molar refractivity (Wildman–Crippen MR) is 149 cm³/mol. The van der Waals surface area contributed by atoms with Crippen molar-refractivity contribution in [3.63, 3.8) is 0 Å². The van der Waals surface area contributed by atoms with Crippen molar-refractivity contribution >= 4 is 41.2 Å². The summed E-state index contributed by atoms with van der Waals surface area (Å²) in [7, 11) is 0. The molecule has 3 aromatic carbocycles. The summed E-state index contributed by atoms with van der Waals surface area (Å²) in [6, 6.07) is 14.8. The summed E-state index contributed by atoms with van der Waals surface area (Å²) in [4.78, 5) is 39.4. The Hall–Kier alpha value is -4.37. The number of benzene rings is 3. The zero-order valence-electron chi connectivity index (χ0n) is 22.0. The number of unbranched alkanes of at least 4 members (excludes halogenated alkanes) is 1. The van der Waals surface area contributed by atoms with E-state index in [9.17, 15) is 18.8 Å². The van der Waals surface area contributed by atoms with Gasteiger partial charge < -0.3 is 14.2 Å². The van der Waals surface area contributed by atoms with E-state index in [1.165, 1.54) is 18.2 Å². The maximum Gasteiger partial charge on any atom is 0.335 e. The summed E-state index contributed by atoms with van der Waals surface area (Å²) >= 11 is 6.48. The Morgan fingerprint density at radius 3 is 2.42 bits per heavy atom. The van der Waals surface area contributed by atoms with Crippen LogP contribution in [-0.4, -0.2) is 31.1 Å². The van der Waals surface area contributed by atoms with Crippen LogP contribution in [0.15, 0.2) is 66.2 Å². The average molecular weight is 567 g/mol. The minimum absolute atomic E-state index is 0.0900. The van der Waals surface area contributed by atoms with Gasteiger partial charge in [0.05, 0.1) is 23.9 Å². The topological polar surface area (TPSA) is 94.2 Å². The van der Waals surface area contributed by atoms with Crippen LogP contribution in [0.3, 0.4) is 0 Å². The summed E-state index contributed by atoms with van der Waals surface area (Å²) in [6.07, 6.45) is 3.21. The third-order valence-electron chi connectivity index (χ3n) is 5.94. The molecule has 0 aliphatic carbocycles. The Kier molecular flexibility index (Phi) is 9.39. The molecule has 1 N–H and O–H groups in total. The molecule has 4 amide bonds. The van der Waals surface area contributed by atoms with Crippen molar-refractivity contribution in [2.24, 2.45) is 0 Å². The smallest absolute Gasteiger partial charge is 0.335 e. The van der Waals surface area contributed by atoms with E-state index in [2.05, 4.69) is 12.2 Å². The molecular formula is C30H28ClFN2O6. The molecule has 1 aliphatic heterocycles. The van der Waals surface area contributed by atoms with Crippen LogP contribution in [0.5, 0.6) is 17.2 Å². The fraction of sp³-hybridized carbons (Fsp3) is 0.233. The Balaban J connectivity index is 1.60. The number of urea groups is 1. The van der Waals surface area contributed by atoms with Gasteiger partial charge in [-0.05, 0) is 67.4 Å². The summed E-state index contributed by atoms with van der Waals surface area (Å²) in [5, 5.41) is 2.33. The lowest BCUT2D eigenvalue weighted by Crippen LogP contribution is -2.54. The SMILES string of the molecule is CCCCOc1ccc(N2C(=O)NC(=O)/C(=C/c3cc(Cl)c(OCc4ccccc4F)c(OCC)c3)C2=O)cc1. The first-order chi connectivity index (χ1) is 19.3. The molecule has 1 saturated heterocycles. The molecule has 3 aromatic rings. The van der Waals surface area contributed by atoms with E-state index in [1.807, 2.05) is 0 Å². The van der Waals surface area contributed by atoms with Gasteiger partial charge >= 0.3 is 6.03 Å². The van der Waals surface area contributed by atoms with Crippen LogP contribution in [0.1, 0.15) is 37.8 Å². The maximum absolute atomic E-state index is 14.0. The molecule has 40 heavy (non-hydrogen) atoms. The van der Waals surface area contributed by atoms with Gasteiger partial charge in [0.25, 0.3) is 11.8 Å². The molecule has 8 nitrogen and oxygen atoms in total. The molecule has 208 valence electrons. The van der Waals surface area contributed by atoms with Gasteiger partial charge in [0, 0.05) is 5.56 Å². The Morgan fingerprint density at radius 1 is 0.975 bits per heavy atom. The first kappa shape index (κ1) is 28.6. The van der Waals surface area contributed by atoms with Crippen LogP contribution in [0.25, 0.3) is 6.08 Å². The van der Waals surface area contributed by atoms with Gasteiger partial charge in [-0.15, -0.1) is 0 Å². The predicted octanol–water partition coefficient (Wildman–Crippen LogP) is 6.30. The van der Waals surface area contributed by atoms with E-state index in [-0.39, 0.29) is 41.0 Å². The molecule has 4 rings (SSSR count). The van der Waals surface area contributed by atoms with Gasteiger partial charge in [0.1, 0.15) is 23.7 Å². The number of ether oxygens (including phenoxy) is 3. The van der Waals surface area contributed by atoms with Crippen LogP contribution in [0.2, 0.25) is 5.02 Å². The molecular weight excluding hydrogens is 539 g/mol. The number of rotatable bonds is 11. The van der Waals surface area contributed by atoms with Gasteiger partial charge in [0.2, 0.25) is 0 Å². The van der Waals surface area contributed by atoms with Gasteiger partial charge in [-0.3, -0.25) is 14.9 Å². The summed E-state index contributed by atoms with van der Waals surface area (Å²) in [5.41, 5.74) is 0.691. The van der Waals surface area contributed by atoms with Crippen molar-refractivity contribution in [2.45, 2.75) is 33.3 Å². The van der Waals surface area contributed by atoms with Crippen LogP contribution in [0.4, 0.5) is 14.9 Å². The van der Waals surface area contributed by atoms with Gasteiger partial charge in [-0.1, -0.05) is 43.1 Å². The number of anilines is 1. The van der Waals surface area contributed by atoms with Gasteiger partial charge in [-0.25, -0.2) is 14.1 Å². The van der Waals surface area contributed by atoms with Crippen molar-refractivity contribution in [3.05, 3.63) is 88.2 Å². The van der Waals surface area contributed by atoms with Crippen molar-refractivity contribution < 1.29 is 33.0 Å². The first-order valence-corrected chi connectivity index (χ1v) is 13.2. The molecule has 10 heteroatoms. The largest absolute Gasteiger partial charge is 0.494 e. The monoisotopic (exact) mass is 566 g/mol. The number of barbiturate groups is 1. The van der Waals surface area contributed by atoms with Crippen LogP contribution in [0, 0.1) is 5.82 Å². The summed E-state index contributed by atoms with van der Waals surface area (Å²) in [5.74, 6) is -1.04. The van der Waals surface area contributed by atoms with Crippen molar-refractivity contribution in [2.75, 3.05) is 18.1 Å². The van der Waals surface area contributed by atoms with E-state index >= 15 is 0 Å². The highest BCUT2D eigenvalue weighted by atomic mass is 35.5. The third-order valence-corrected chi connectivity index (χ3v) is 6.22. The Morgan fingerprint density at radius 2 is 1.73 bits per heavy atom. The van der Waals surface area contributed by atoms with Crippen LogP contribution in [-0.2, 0) is 16.2 Å². The Labute approximate surface area is 236 Å². The molecule has 0 spiro atoms. The van der Waals surface area contributed by atoms with Gasteiger partial charge in [0.15, 0.2) is 11.5 Å².